The van der Waals surface area contributed by atoms with E-state index in [-0.39, 0.29) is 18.6 Å². The molecule has 0 aliphatic rings. The highest BCUT2D eigenvalue weighted by molar-refractivity contribution is 7.56. The van der Waals surface area contributed by atoms with Gasteiger partial charge in [0.1, 0.15) is 24.2 Å². The van der Waals surface area contributed by atoms with Gasteiger partial charge < -0.3 is 24.3 Å². The first-order chi connectivity index (χ1) is 16.1. The van der Waals surface area contributed by atoms with Gasteiger partial charge in [-0.2, -0.15) is 0 Å². The van der Waals surface area contributed by atoms with Crippen LogP contribution in [0.25, 0.3) is 11.2 Å². The lowest BCUT2D eigenvalue weighted by Gasteiger charge is -2.23. The molecule has 2 aromatic rings. The van der Waals surface area contributed by atoms with Crippen molar-refractivity contribution in [2.45, 2.75) is 66.3 Å². The van der Waals surface area contributed by atoms with Crippen molar-refractivity contribution in [3.63, 3.8) is 0 Å². The number of hydrogen-bond donors (Lipinski definition) is 2. The SMILES string of the molecule is C/C=C\C=C/C.CO[P@@](=O)(CO[C@H](C)Cn1cnc2c(N)ncnc21)N[C@@H](C)C(=O)OC(C)C. The molecule has 0 amide bonds. The fourth-order valence-corrected chi connectivity index (χ4v) is 4.07. The number of hydrogen-bond acceptors (Lipinski definition) is 9. The summed E-state index contributed by atoms with van der Waals surface area (Å²) in [5, 5.41) is 2.68. The highest BCUT2D eigenvalue weighted by atomic mass is 31.2. The Kier molecular flexibility index (Phi) is 12.7. The number of nitrogens with two attached hydrogens (primary N) is 1. The molecule has 11 nitrogen and oxygen atoms in total. The molecule has 12 heteroatoms. The summed E-state index contributed by atoms with van der Waals surface area (Å²) in [7, 11) is -2.10. The van der Waals surface area contributed by atoms with Gasteiger partial charge in [0, 0.05) is 7.11 Å². The van der Waals surface area contributed by atoms with E-state index in [1.54, 1.807) is 31.7 Å². The monoisotopic (exact) mass is 496 g/mol. The first-order valence-corrected chi connectivity index (χ1v) is 12.8. The molecule has 2 heterocycles. The van der Waals surface area contributed by atoms with E-state index in [0.29, 0.717) is 23.5 Å². The van der Waals surface area contributed by atoms with Crippen molar-refractivity contribution in [2.24, 2.45) is 0 Å². The maximum atomic E-state index is 12.8. The number of allylic oxidation sites excluding steroid dienone is 4. The lowest BCUT2D eigenvalue weighted by molar-refractivity contribution is -0.149. The summed E-state index contributed by atoms with van der Waals surface area (Å²) in [5.74, 6) is -0.213. The Morgan fingerprint density at radius 3 is 2.38 bits per heavy atom. The molecule has 0 aromatic carbocycles. The molecule has 0 aliphatic heterocycles. The number of nitrogens with zero attached hydrogens (tertiary/aromatic N) is 4. The van der Waals surface area contributed by atoms with Crippen molar-refractivity contribution in [3.05, 3.63) is 37.0 Å². The van der Waals surface area contributed by atoms with Crippen LogP contribution >= 0.6 is 7.52 Å². The van der Waals surface area contributed by atoms with E-state index in [9.17, 15) is 9.36 Å². The van der Waals surface area contributed by atoms with E-state index in [1.165, 1.54) is 13.4 Å². The molecule has 0 unspecified atom stereocenters. The summed E-state index contributed by atoms with van der Waals surface area (Å²) >= 11 is 0. The van der Waals surface area contributed by atoms with Crippen molar-refractivity contribution < 1.29 is 23.4 Å². The van der Waals surface area contributed by atoms with Crippen molar-refractivity contribution >= 4 is 30.5 Å². The summed E-state index contributed by atoms with van der Waals surface area (Å²) in [6.45, 7) is 11.3. The number of esters is 1. The molecule has 3 atom stereocenters. The molecule has 3 N–H and O–H groups in total. The molecule has 2 rings (SSSR count). The third-order valence-electron chi connectivity index (χ3n) is 4.30. The third kappa shape index (κ3) is 9.72. The average molecular weight is 497 g/mol. The third-order valence-corrected chi connectivity index (χ3v) is 6.16. The van der Waals surface area contributed by atoms with Gasteiger partial charge >= 0.3 is 5.97 Å². The Labute approximate surface area is 201 Å². The van der Waals surface area contributed by atoms with E-state index < -0.39 is 19.5 Å². The molecular weight excluding hydrogens is 459 g/mol. The summed E-state index contributed by atoms with van der Waals surface area (Å²) in [6, 6.07) is -0.802. The van der Waals surface area contributed by atoms with Gasteiger partial charge in [0.15, 0.2) is 11.5 Å². The molecular formula is C22H37N6O5P. The second-order valence-corrected chi connectivity index (χ2v) is 9.91. The number of fused-ring (bicyclic) bond motifs is 1. The Balaban J connectivity index is 0.000000852. The number of carbonyl (C=O) groups is 1. The van der Waals surface area contributed by atoms with Crippen LogP contribution in [0.1, 0.15) is 41.5 Å². The van der Waals surface area contributed by atoms with Crippen LogP contribution in [0.2, 0.25) is 0 Å². The molecule has 190 valence electrons. The zero-order valence-corrected chi connectivity index (χ0v) is 21.9. The van der Waals surface area contributed by atoms with E-state index in [4.69, 9.17) is 19.7 Å². The maximum absolute atomic E-state index is 12.8. The standard InChI is InChI=1S/C16H27N6O5P.C6H10/c1-10(2)27-16(23)12(4)21-28(24,25-5)9-26-11(3)6-22-8-20-13-14(17)18-7-19-15(13)22;1-3-5-6-4-2/h7-8,10-12H,6,9H2,1-5H3,(H,21,24)(H2,17,18,19);3-6H,1-2H3/b;5-3-,6-4-/t11-,12+,28+;/m1./s1. The van der Waals surface area contributed by atoms with E-state index in [1.807, 2.05) is 45.1 Å². The minimum absolute atomic E-state index is 0.215. The van der Waals surface area contributed by atoms with Crippen molar-refractivity contribution in [2.75, 3.05) is 19.2 Å². The number of anilines is 1. The Morgan fingerprint density at radius 2 is 1.82 bits per heavy atom. The van der Waals surface area contributed by atoms with Gasteiger partial charge in [-0.05, 0) is 41.5 Å². The van der Waals surface area contributed by atoms with Gasteiger partial charge in [-0.15, -0.1) is 0 Å². The molecule has 0 saturated carbocycles. The number of imidazole rings is 1. The van der Waals surface area contributed by atoms with Crippen LogP contribution in [-0.2, 0) is 29.9 Å². The number of aromatic nitrogens is 4. The number of nitrogens with one attached hydrogen (secondary N) is 1. The van der Waals surface area contributed by atoms with Crippen LogP contribution in [-0.4, -0.2) is 57.2 Å². The molecule has 0 bridgehead atoms. The minimum Gasteiger partial charge on any atom is -0.462 e. The van der Waals surface area contributed by atoms with E-state index in [2.05, 4.69) is 20.0 Å². The lowest BCUT2D eigenvalue weighted by Crippen LogP contribution is -2.36. The maximum Gasteiger partial charge on any atom is 0.323 e. The quantitative estimate of drug-likeness (QED) is 0.268. The van der Waals surface area contributed by atoms with Crippen LogP contribution in [0.3, 0.4) is 0 Å². The van der Waals surface area contributed by atoms with Gasteiger partial charge in [0.25, 0.3) is 7.52 Å². The fraction of sp³-hybridized carbons (Fsp3) is 0.545. The van der Waals surface area contributed by atoms with Crippen LogP contribution in [0.15, 0.2) is 37.0 Å². The molecule has 34 heavy (non-hydrogen) atoms. The highest BCUT2D eigenvalue weighted by Crippen LogP contribution is 2.42. The summed E-state index contributed by atoms with van der Waals surface area (Å²) in [4.78, 5) is 24.2. The largest absolute Gasteiger partial charge is 0.462 e. The summed E-state index contributed by atoms with van der Waals surface area (Å²) < 4.78 is 30.5. The van der Waals surface area contributed by atoms with Gasteiger partial charge in [-0.3, -0.25) is 9.36 Å². The van der Waals surface area contributed by atoms with Crippen LogP contribution in [0.5, 0.6) is 0 Å². The molecule has 0 fully saturated rings. The number of nitrogen functional groups attached to an aromatic ring is 1. The number of ether oxygens (including phenoxy) is 2. The second kappa shape index (κ2) is 14.6. The second-order valence-electron chi connectivity index (χ2n) is 7.68. The number of rotatable bonds is 11. The zero-order valence-electron chi connectivity index (χ0n) is 21.0. The van der Waals surface area contributed by atoms with Gasteiger partial charge in [0.2, 0.25) is 0 Å². The first kappa shape index (κ1) is 29.4. The summed E-state index contributed by atoms with van der Waals surface area (Å²) in [5.41, 5.74) is 6.87. The predicted molar refractivity (Wildman–Crippen MR) is 133 cm³/mol. The Bertz CT molecular complexity index is 997. The first-order valence-electron chi connectivity index (χ1n) is 11.0. The minimum atomic E-state index is -3.40. The van der Waals surface area contributed by atoms with Crippen molar-refractivity contribution in [1.29, 1.82) is 0 Å². The van der Waals surface area contributed by atoms with Gasteiger partial charge in [-0.1, -0.05) is 24.3 Å². The Morgan fingerprint density at radius 1 is 1.18 bits per heavy atom. The van der Waals surface area contributed by atoms with Gasteiger partial charge in [0.05, 0.1) is 25.1 Å². The highest BCUT2D eigenvalue weighted by Gasteiger charge is 2.29. The van der Waals surface area contributed by atoms with Crippen LogP contribution < -0.4 is 10.8 Å². The molecule has 0 saturated heterocycles. The lowest BCUT2D eigenvalue weighted by atomic mass is 10.4. The fourth-order valence-electron chi connectivity index (χ4n) is 2.63. The van der Waals surface area contributed by atoms with E-state index >= 15 is 0 Å². The van der Waals surface area contributed by atoms with Crippen LogP contribution in [0.4, 0.5) is 5.82 Å². The normalized spacial score (nSPS) is 15.3. The molecule has 2 aromatic heterocycles. The van der Waals surface area contributed by atoms with E-state index in [0.717, 1.165) is 0 Å². The van der Waals surface area contributed by atoms with Crippen molar-refractivity contribution in [1.82, 2.24) is 24.6 Å². The van der Waals surface area contributed by atoms with Crippen LogP contribution in [0, 0.1) is 0 Å². The molecule has 0 aliphatic carbocycles. The average Bonchev–Trinajstić information content (AvgIpc) is 3.20. The zero-order chi connectivity index (χ0) is 25.7. The van der Waals surface area contributed by atoms with Crippen molar-refractivity contribution in [3.8, 4) is 0 Å². The topological polar surface area (TPSA) is 143 Å². The summed E-state index contributed by atoms with van der Waals surface area (Å²) in [6.07, 6.45) is 10.1. The van der Waals surface area contributed by atoms with Gasteiger partial charge in [-0.25, -0.2) is 20.0 Å². The number of carbonyl (C=O) groups excluding carboxylic acids is 1. The smallest absolute Gasteiger partial charge is 0.323 e. The molecule has 0 radical (unpaired) electrons. The predicted octanol–water partition coefficient (Wildman–Crippen LogP) is 3.68. The molecule has 0 spiro atoms. The Hall–Kier alpha value is -2.59.